The molecule has 1 fully saturated rings. The summed E-state index contributed by atoms with van der Waals surface area (Å²) >= 11 is 0. The molecule has 2 heterocycles. The lowest BCUT2D eigenvalue weighted by Crippen LogP contribution is -2.26. The number of rotatable bonds is 2. The van der Waals surface area contributed by atoms with E-state index in [1.807, 2.05) is 30.3 Å². The first kappa shape index (κ1) is 14.5. The van der Waals surface area contributed by atoms with Crippen LogP contribution in [0.1, 0.15) is 6.42 Å². The molecule has 1 aromatic heterocycles. The molecule has 23 heavy (non-hydrogen) atoms. The third-order valence-corrected chi connectivity index (χ3v) is 6.03. The van der Waals surface area contributed by atoms with E-state index in [-0.39, 0.29) is 18.9 Å². The van der Waals surface area contributed by atoms with Gasteiger partial charge in [-0.3, -0.25) is 4.79 Å². The number of halogens is 1. The molecule has 1 unspecified atom stereocenters. The molecule has 0 saturated carbocycles. The van der Waals surface area contributed by atoms with Gasteiger partial charge in [0, 0.05) is 46.2 Å². The van der Waals surface area contributed by atoms with E-state index in [2.05, 4.69) is 0 Å². The van der Waals surface area contributed by atoms with Crippen molar-refractivity contribution in [2.75, 3.05) is 11.4 Å². The third-order valence-electron chi connectivity index (χ3n) is 4.16. The van der Waals surface area contributed by atoms with Crippen molar-refractivity contribution in [3.63, 3.8) is 0 Å². The molecule has 0 N–H and O–H groups in total. The Morgan fingerprint density at radius 2 is 1.83 bits per heavy atom. The summed E-state index contributed by atoms with van der Waals surface area (Å²) in [6.07, 6.45) is -0.0933. The van der Waals surface area contributed by atoms with Crippen LogP contribution < -0.4 is 4.90 Å². The Hall–Kier alpha value is -2.05. The van der Waals surface area contributed by atoms with Crippen molar-refractivity contribution in [3.05, 3.63) is 42.5 Å². The second-order valence-corrected chi connectivity index (χ2v) is 8.49. The predicted molar refractivity (Wildman–Crippen MR) is 89.3 cm³/mol. The number of para-hydroxylation sites is 1. The molecule has 0 aliphatic carbocycles. The van der Waals surface area contributed by atoms with Crippen LogP contribution in [0.25, 0.3) is 21.9 Å². The average Bonchev–Trinajstić information content (AvgIpc) is 3.06. The van der Waals surface area contributed by atoms with Crippen molar-refractivity contribution < 1.29 is 17.6 Å². The summed E-state index contributed by atoms with van der Waals surface area (Å²) in [4.78, 5) is 13.6. The highest BCUT2D eigenvalue weighted by molar-refractivity contribution is 8.14. The number of furan rings is 1. The van der Waals surface area contributed by atoms with Crippen molar-refractivity contribution in [2.45, 2.75) is 11.7 Å². The molecular weight excluding hydrogens is 338 g/mol. The summed E-state index contributed by atoms with van der Waals surface area (Å²) in [6.45, 7) is 0.0659. The van der Waals surface area contributed by atoms with Crippen LogP contribution in [0.3, 0.4) is 0 Å². The molecule has 1 aliphatic heterocycles. The van der Waals surface area contributed by atoms with E-state index in [0.717, 1.165) is 16.4 Å². The Morgan fingerprint density at radius 1 is 1.09 bits per heavy atom. The summed E-state index contributed by atoms with van der Waals surface area (Å²) < 4.78 is 28.7. The van der Waals surface area contributed by atoms with E-state index in [0.29, 0.717) is 11.3 Å². The minimum atomic E-state index is -3.75. The van der Waals surface area contributed by atoms with Crippen LogP contribution in [0.5, 0.6) is 0 Å². The van der Waals surface area contributed by atoms with Gasteiger partial charge in [0.15, 0.2) is 0 Å². The molecule has 3 aromatic rings. The first-order chi connectivity index (χ1) is 10.9. The molecule has 7 heteroatoms. The van der Waals surface area contributed by atoms with Gasteiger partial charge in [-0.05, 0) is 18.2 Å². The Kier molecular flexibility index (Phi) is 3.14. The maximum atomic E-state index is 12.1. The van der Waals surface area contributed by atoms with Crippen molar-refractivity contribution >= 4 is 53.3 Å². The highest BCUT2D eigenvalue weighted by Crippen LogP contribution is 2.33. The van der Waals surface area contributed by atoms with Crippen LogP contribution in [0.15, 0.2) is 46.9 Å². The van der Waals surface area contributed by atoms with Gasteiger partial charge in [0.2, 0.25) is 15.0 Å². The lowest BCUT2D eigenvalue weighted by atomic mass is 10.1. The highest BCUT2D eigenvalue weighted by Gasteiger charge is 2.38. The van der Waals surface area contributed by atoms with Gasteiger partial charge in [-0.1, -0.05) is 18.2 Å². The number of fused-ring (bicyclic) bond motifs is 3. The van der Waals surface area contributed by atoms with Gasteiger partial charge in [0.05, 0.1) is 0 Å². The molecular formula is C16H12ClNO4S. The maximum absolute atomic E-state index is 12.1. The summed E-state index contributed by atoms with van der Waals surface area (Å²) in [5.74, 6) is -0.255. The van der Waals surface area contributed by atoms with E-state index in [1.165, 1.54) is 4.90 Å². The number of anilines is 1. The molecule has 1 saturated heterocycles. The number of nitrogens with zero attached hydrogens (tertiary/aromatic N) is 1. The van der Waals surface area contributed by atoms with Crippen LogP contribution >= 0.6 is 10.7 Å². The molecule has 1 amide bonds. The van der Waals surface area contributed by atoms with E-state index in [9.17, 15) is 13.2 Å². The van der Waals surface area contributed by atoms with Crippen molar-refractivity contribution in [1.82, 2.24) is 0 Å². The fourth-order valence-corrected chi connectivity index (χ4v) is 4.02. The van der Waals surface area contributed by atoms with E-state index in [1.54, 1.807) is 12.1 Å². The zero-order valence-electron chi connectivity index (χ0n) is 11.9. The number of amides is 1. The molecule has 5 nitrogen and oxygen atoms in total. The first-order valence-electron chi connectivity index (χ1n) is 7.08. The Bertz CT molecular complexity index is 1040. The summed E-state index contributed by atoms with van der Waals surface area (Å²) in [5, 5.41) is 1.09. The number of carbonyl (C=O) groups is 1. The molecule has 118 valence electrons. The van der Waals surface area contributed by atoms with Gasteiger partial charge in [0.25, 0.3) is 0 Å². The predicted octanol–water partition coefficient (Wildman–Crippen LogP) is 3.26. The number of benzene rings is 2. The number of carbonyl (C=O) groups excluding carboxylic acids is 1. The van der Waals surface area contributed by atoms with Crippen LogP contribution in [0.2, 0.25) is 0 Å². The maximum Gasteiger partial charge on any atom is 0.237 e. The van der Waals surface area contributed by atoms with E-state index >= 15 is 0 Å². The molecule has 0 radical (unpaired) electrons. The summed E-state index contributed by atoms with van der Waals surface area (Å²) in [5.41, 5.74) is 2.05. The first-order valence-corrected chi connectivity index (χ1v) is 9.46. The molecule has 4 rings (SSSR count). The largest absolute Gasteiger partial charge is 0.456 e. The number of hydrogen-bond donors (Lipinski definition) is 0. The highest BCUT2D eigenvalue weighted by atomic mass is 35.7. The Morgan fingerprint density at radius 3 is 2.57 bits per heavy atom. The van der Waals surface area contributed by atoms with Crippen LogP contribution in [0.4, 0.5) is 5.69 Å². The monoisotopic (exact) mass is 349 g/mol. The zero-order chi connectivity index (χ0) is 16.2. The molecule has 1 aliphatic rings. The fourth-order valence-electron chi connectivity index (χ4n) is 3.00. The summed E-state index contributed by atoms with van der Waals surface area (Å²) in [6, 6.07) is 13.1. The van der Waals surface area contributed by atoms with Crippen LogP contribution in [0, 0.1) is 0 Å². The smallest absolute Gasteiger partial charge is 0.237 e. The Labute approximate surface area is 136 Å². The van der Waals surface area contributed by atoms with Gasteiger partial charge in [0.1, 0.15) is 16.4 Å². The number of hydrogen-bond acceptors (Lipinski definition) is 4. The zero-order valence-corrected chi connectivity index (χ0v) is 13.5. The molecule has 0 bridgehead atoms. The van der Waals surface area contributed by atoms with E-state index < -0.39 is 14.3 Å². The van der Waals surface area contributed by atoms with Gasteiger partial charge < -0.3 is 9.32 Å². The van der Waals surface area contributed by atoms with Crippen molar-refractivity contribution in [2.24, 2.45) is 0 Å². The van der Waals surface area contributed by atoms with Crippen LogP contribution in [-0.2, 0) is 13.8 Å². The SMILES string of the molecule is O=C1CC(S(=O)(=O)Cl)CN1c1ccc2c(c1)oc1ccccc12. The lowest BCUT2D eigenvalue weighted by Gasteiger charge is -2.15. The normalized spacial score (nSPS) is 19.1. The van der Waals surface area contributed by atoms with Crippen molar-refractivity contribution in [3.8, 4) is 0 Å². The molecule has 1 atom stereocenters. The standard InChI is InChI=1S/C16H12ClNO4S/c17-23(20,21)11-8-16(19)18(9-11)10-5-6-13-12-3-1-2-4-14(12)22-15(13)7-10/h1-7,11H,8-9H2. The quantitative estimate of drug-likeness (QED) is 0.666. The lowest BCUT2D eigenvalue weighted by molar-refractivity contribution is -0.117. The van der Waals surface area contributed by atoms with Gasteiger partial charge >= 0.3 is 0 Å². The van der Waals surface area contributed by atoms with Crippen LogP contribution in [-0.4, -0.2) is 26.1 Å². The van der Waals surface area contributed by atoms with Crippen molar-refractivity contribution in [1.29, 1.82) is 0 Å². The third kappa shape index (κ3) is 2.38. The summed E-state index contributed by atoms with van der Waals surface area (Å²) in [7, 11) is 1.63. The second-order valence-electron chi connectivity index (χ2n) is 5.58. The van der Waals surface area contributed by atoms with E-state index in [4.69, 9.17) is 15.1 Å². The van der Waals surface area contributed by atoms with Gasteiger partial charge in [-0.15, -0.1) is 0 Å². The molecule has 0 spiro atoms. The minimum absolute atomic E-state index is 0.0659. The fraction of sp³-hybridized carbons (Fsp3) is 0.188. The minimum Gasteiger partial charge on any atom is -0.456 e. The molecule has 2 aromatic carbocycles. The topological polar surface area (TPSA) is 67.6 Å². The van der Waals surface area contributed by atoms with Gasteiger partial charge in [-0.25, -0.2) is 8.42 Å². The van der Waals surface area contributed by atoms with Gasteiger partial charge in [-0.2, -0.15) is 0 Å². The average molecular weight is 350 g/mol. The Balaban J connectivity index is 1.78. The second kappa shape index (κ2) is 4.97.